The first-order chi connectivity index (χ1) is 9.50. The molecule has 1 heterocycles. The third-order valence-corrected chi connectivity index (χ3v) is 2.46. The van der Waals surface area contributed by atoms with E-state index in [4.69, 9.17) is 0 Å². The van der Waals surface area contributed by atoms with Crippen molar-refractivity contribution in [3.8, 4) is 0 Å². The van der Waals surface area contributed by atoms with E-state index >= 15 is 0 Å². The van der Waals surface area contributed by atoms with Gasteiger partial charge < -0.3 is 5.32 Å². The molecule has 0 aromatic heterocycles. The van der Waals surface area contributed by atoms with Crippen LogP contribution in [-0.2, 0) is 4.79 Å². The van der Waals surface area contributed by atoms with Crippen molar-refractivity contribution in [3.05, 3.63) is 44.5 Å². The average Bonchev–Trinajstić information content (AvgIpc) is 2.88. The lowest BCUT2D eigenvalue weighted by molar-refractivity contribution is -0.482. The molecule has 0 spiro atoms. The molecule has 0 radical (unpaired) electrons. The molecule has 1 amide bonds. The summed E-state index contributed by atoms with van der Waals surface area (Å²) in [6, 6.07) is 3.99. The Labute approximate surface area is 111 Å². The number of carbonyl (C=O) groups excluding carboxylic acids is 1. The highest BCUT2D eigenvalue weighted by atomic mass is 16.6. The summed E-state index contributed by atoms with van der Waals surface area (Å²) >= 11 is 0. The molecule has 0 bridgehead atoms. The molecule has 1 N–H and O–H groups in total. The van der Waals surface area contributed by atoms with Crippen LogP contribution in [0.3, 0.4) is 0 Å². The summed E-state index contributed by atoms with van der Waals surface area (Å²) in [4.78, 5) is 31.9. The zero-order valence-corrected chi connectivity index (χ0v) is 9.79. The molecule has 1 aromatic carbocycles. The second-order valence-electron chi connectivity index (χ2n) is 3.71. The molecule has 102 valence electrons. The number of carbonyl (C=O) groups is 1. The summed E-state index contributed by atoms with van der Waals surface area (Å²) in [5.74, 6) is -0.904. The van der Waals surface area contributed by atoms with Crippen LogP contribution in [0.4, 0.5) is 11.4 Å². The second-order valence-corrected chi connectivity index (χ2v) is 3.71. The van der Waals surface area contributed by atoms with Crippen molar-refractivity contribution in [2.45, 2.75) is 6.04 Å². The number of rotatable bonds is 4. The molecule has 10 heteroatoms. The first-order valence-corrected chi connectivity index (χ1v) is 5.30. The van der Waals surface area contributed by atoms with Gasteiger partial charge in [0.1, 0.15) is 11.9 Å². The SMILES string of the molecule is O=C(Nc1ccccc1[N+](=O)[O-])C1=NN=C[C@@H]1[N+](=O)[O-]. The maximum Gasteiger partial charge on any atom is 0.298 e. The molecule has 10 nitrogen and oxygen atoms in total. The highest BCUT2D eigenvalue weighted by Gasteiger charge is 2.35. The zero-order chi connectivity index (χ0) is 14.7. The fraction of sp³-hybridized carbons (Fsp3) is 0.100. The Morgan fingerprint density at radius 1 is 1.25 bits per heavy atom. The van der Waals surface area contributed by atoms with Crippen LogP contribution >= 0.6 is 0 Å². The highest BCUT2D eigenvalue weighted by Crippen LogP contribution is 2.23. The van der Waals surface area contributed by atoms with Gasteiger partial charge >= 0.3 is 0 Å². The molecule has 0 saturated heterocycles. The van der Waals surface area contributed by atoms with Gasteiger partial charge in [0, 0.05) is 11.0 Å². The van der Waals surface area contributed by atoms with Crippen LogP contribution in [0.2, 0.25) is 0 Å². The highest BCUT2D eigenvalue weighted by molar-refractivity contribution is 6.47. The Morgan fingerprint density at radius 3 is 2.60 bits per heavy atom. The van der Waals surface area contributed by atoms with Gasteiger partial charge in [-0.05, 0) is 6.07 Å². The molecular formula is C10H7N5O5. The van der Waals surface area contributed by atoms with E-state index in [1.54, 1.807) is 0 Å². The Morgan fingerprint density at radius 2 is 1.95 bits per heavy atom. The van der Waals surface area contributed by atoms with E-state index in [0.29, 0.717) is 0 Å². The fourth-order valence-electron chi connectivity index (χ4n) is 1.55. The molecule has 1 aliphatic heterocycles. The molecule has 0 aliphatic carbocycles. The van der Waals surface area contributed by atoms with Gasteiger partial charge in [0.2, 0.25) is 5.71 Å². The minimum absolute atomic E-state index is 0.0702. The predicted molar refractivity (Wildman–Crippen MR) is 68.4 cm³/mol. The fourth-order valence-corrected chi connectivity index (χ4v) is 1.55. The maximum absolute atomic E-state index is 11.9. The van der Waals surface area contributed by atoms with Gasteiger partial charge in [-0.15, -0.1) is 5.10 Å². The molecule has 1 aliphatic rings. The van der Waals surface area contributed by atoms with Gasteiger partial charge in [-0.2, -0.15) is 5.10 Å². The Bertz CT molecular complexity index is 653. The van der Waals surface area contributed by atoms with Crippen LogP contribution in [0.15, 0.2) is 34.5 Å². The molecular weight excluding hydrogens is 270 g/mol. The van der Waals surface area contributed by atoms with Crippen molar-refractivity contribution in [2.24, 2.45) is 10.2 Å². The Kier molecular flexibility index (Phi) is 3.46. The van der Waals surface area contributed by atoms with E-state index in [-0.39, 0.29) is 11.4 Å². The number of anilines is 1. The number of amides is 1. The quantitative estimate of drug-likeness (QED) is 0.634. The summed E-state index contributed by atoms with van der Waals surface area (Å²) in [5, 5.41) is 30.4. The van der Waals surface area contributed by atoms with E-state index < -0.39 is 27.5 Å². The first-order valence-electron chi connectivity index (χ1n) is 5.30. The summed E-state index contributed by atoms with van der Waals surface area (Å²) in [5.41, 5.74) is -0.814. The summed E-state index contributed by atoms with van der Waals surface area (Å²) in [7, 11) is 0. The third-order valence-electron chi connectivity index (χ3n) is 2.46. The van der Waals surface area contributed by atoms with Crippen molar-refractivity contribution in [3.63, 3.8) is 0 Å². The lowest BCUT2D eigenvalue weighted by atomic mass is 10.2. The summed E-state index contributed by atoms with van der Waals surface area (Å²) in [6.45, 7) is 0. The van der Waals surface area contributed by atoms with Crippen LogP contribution < -0.4 is 5.32 Å². The number of benzene rings is 1. The zero-order valence-electron chi connectivity index (χ0n) is 9.79. The van der Waals surface area contributed by atoms with E-state index in [1.165, 1.54) is 24.3 Å². The number of nitro groups is 2. The summed E-state index contributed by atoms with van der Waals surface area (Å²) in [6.07, 6.45) is 0.911. The smallest absolute Gasteiger partial charge is 0.298 e. The number of para-hydroxylation sites is 2. The molecule has 20 heavy (non-hydrogen) atoms. The van der Waals surface area contributed by atoms with Gasteiger partial charge in [0.25, 0.3) is 17.6 Å². The van der Waals surface area contributed by atoms with Crippen molar-refractivity contribution < 1.29 is 14.6 Å². The van der Waals surface area contributed by atoms with Gasteiger partial charge in [-0.25, -0.2) is 0 Å². The van der Waals surface area contributed by atoms with Crippen LogP contribution in [0, 0.1) is 20.2 Å². The van der Waals surface area contributed by atoms with E-state index in [1.807, 2.05) is 0 Å². The standard InChI is InChI=1S/C10H7N5O5/c16-10(9-8(15(19)20)5-11-13-9)12-6-3-1-2-4-7(6)14(17)18/h1-5,8H,(H,12,16)/t8-/m0/s1. The first kappa shape index (κ1) is 13.3. The number of nitro benzene ring substituents is 1. The number of nitrogens with one attached hydrogen (secondary N) is 1. The van der Waals surface area contributed by atoms with Gasteiger partial charge in [0.15, 0.2) is 0 Å². The second kappa shape index (κ2) is 5.22. The van der Waals surface area contributed by atoms with Crippen molar-refractivity contribution in [2.75, 3.05) is 5.32 Å². The topological polar surface area (TPSA) is 140 Å². The van der Waals surface area contributed by atoms with Crippen LogP contribution in [0.25, 0.3) is 0 Å². The minimum atomic E-state index is -1.45. The monoisotopic (exact) mass is 277 g/mol. The average molecular weight is 277 g/mol. The van der Waals surface area contributed by atoms with Crippen molar-refractivity contribution in [1.29, 1.82) is 0 Å². The van der Waals surface area contributed by atoms with Crippen LogP contribution in [-0.4, -0.2) is 33.7 Å². The largest absolute Gasteiger partial charge is 0.315 e. The van der Waals surface area contributed by atoms with Crippen LogP contribution in [0.5, 0.6) is 0 Å². The van der Waals surface area contributed by atoms with Gasteiger partial charge in [-0.3, -0.25) is 25.0 Å². The number of hydrogen-bond acceptors (Lipinski definition) is 7. The van der Waals surface area contributed by atoms with E-state index in [9.17, 15) is 25.0 Å². The minimum Gasteiger partial charge on any atom is -0.315 e. The summed E-state index contributed by atoms with van der Waals surface area (Å²) < 4.78 is 0. The predicted octanol–water partition coefficient (Wildman–Crippen LogP) is 0.619. The van der Waals surface area contributed by atoms with Crippen molar-refractivity contribution in [1.82, 2.24) is 0 Å². The number of nitrogens with zero attached hydrogens (tertiary/aromatic N) is 4. The maximum atomic E-state index is 11.9. The normalized spacial score (nSPS) is 16.6. The molecule has 1 atom stereocenters. The van der Waals surface area contributed by atoms with Gasteiger partial charge in [0.05, 0.1) is 4.92 Å². The lowest BCUT2D eigenvalue weighted by Crippen LogP contribution is -2.37. The van der Waals surface area contributed by atoms with Crippen LogP contribution in [0.1, 0.15) is 0 Å². The molecule has 0 fully saturated rings. The Hall–Kier alpha value is -3.17. The van der Waals surface area contributed by atoms with E-state index in [2.05, 4.69) is 15.5 Å². The van der Waals surface area contributed by atoms with E-state index in [0.717, 1.165) is 6.21 Å². The molecule has 1 aromatic rings. The lowest BCUT2D eigenvalue weighted by Gasteiger charge is -2.06. The number of hydrogen-bond donors (Lipinski definition) is 1. The van der Waals surface area contributed by atoms with Gasteiger partial charge in [-0.1, -0.05) is 12.1 Å². The van der Waals surface area contributed by atoms with Crippen molar-refractivity contribution >= 4 is 29.2 Å². The third kappa shape index (κ3) is 2.48. The molecule has 0 saturated carbocycles. The molecule has 0 unspecified atom stereocenters. The Balaban J connectivity index is 2.21. The molecule has 2 rings (SSSR count).